The Morgan fingerprint density at radius 2 is 1.61 bits per heavy atom. The zero-order valence-electron chi connectivity index (χ0n) is 17.6. The predicted molar refractivity (Wildman–Crippen MR) is 127 cm³/mol. The molecule has 7 heteroatoms. The van der Waals surface area contributed by atoms with Gasteiger partial charge in [-0.15, -0.1) is 0 Å². The van der Waals surface area contributed by atoms with E-state index in [1.54, 1.807) is 71.3 Å². The standard InChI is InChI=1S/C26H20N4O3/c31-23(28-20-11-5-4-10-19(20)24(32)18-8-2-1-3-9-18)14-17-30-25-21(12-6-15-27-25)29-16-7-13-22(29)26(30)33/h1-13,15-16H,14,17H2,(H,28,31). The highest BCUT2D eigenvalue weighted by atomic mass is 16.2. The lowest BCUT2D eigenvalue weighted by Crippen LogP contribution is -2.26. The third-order valence-electron chi connectivity index (χ3n) is 5.54. The van der Waals surface area contributed by atoms with Gasteiger partial charge in [-0.25, -0.2) is 4.98 Å². The van der Waals surface area contributed by atoms with Crippen LogP contribution in [0.1, 0.15) is 22.3 Å². The first kappa shape index (κ1) is 20.4. The number of benzene rings is 2. The summed E-state index contributed by atoms with van der Waals surface area (Å²) < 4.78 is 3.32. The second-order valence-electron chi connectivity index (χ2n) is 7.61. The van der Waals surface area contributed by atoms with Crippen LogP contribution < -0.4 is 10.9 Å². The fraction of sp³-hybridized carbons (Fsp3) is 0.0769. The Hall–Kier alpha value is -4.52. The molecule has 0 radical (unpaired) electrons. The van der Waals surface area contributed by atoms with Gasteiger partial charge in [-0.2, -0.15) is 0 Å². The number of nitrogens with one attached hydrogen (secondary N) is 1. The van der Waals surface area contributed by atoms with E-state index < -0.39 is 0 Å². The van der Waals surface area contributed by atoms with Gasteiger partial charge in [0.25, 0.3) is 5.56 Å². The van der Waals surface area contributed by atoms with Crippen molar-refractivity contribution in [2.45, 2.75) is 13.0 Å². The predicted octanol–water partition coefficient (Wildman–Crippen LogP) is 3.91. The number of anilines is 1. The molecule has 1 amide bonds. The van der Waals surface area contributed by atoms with Crippen molar-refractivity contribution in [1.82, 2.24) is 14.0 Å². The molecule has 33 heavy (non-hydrogen) atoms. The number of aromatic nitrogens is 3. The highest BCUT2D eigenvalue weighted by Gasteiger charge is 2.16. The summed E-state index contributed by atoms with van der Waals surface area (Å²) in [7, 11) is 0. The van der Waals surface area contributed by atoms with Gasteiger partial charge in [-0.3, -0.25) is 19.0 Å². The van der Waals surface area contributed by atoms with Crippen LogP contribution in [0, 0.1) is 0 Å². The molecule has 0 aliphatic rings. The lowest BCUT2D eigenvalue weighted by molar-refractivity contribution is -0.116. The van der Waals surface area contributed by atoms with Crippen molar-refractivity contribution >= 4 is 34.1 Å². The van der Waals surface area contributed by atoms with Crippen molar-refractivity contribution in [3.8, 4) is 0 Å². The third-order valence-corrected chi connectivity index (χ3v) is 5.54. The van der Waals surface area contributed by atoms with E-state index in [4.69, 9.17) is 0 Å². The molecular weight excluding hydrogens is 416 g/mol. The average molecular weight is 436 g/mol. The van der Waals surface area contributed by atoms with Crippen LogP contribution in [0.2, 0.25) is 0 Å². The maximum absolute atomic E-state index is 13.0. The fourth-order valence-corrected chi connectivity index (χ4v) is 3.95. The molecule has 0 atom stereocenters. The largest absolute Gasteiger partial charge is 0.325 e. The Kier molecular flexibility index (Phi) is 5.28. The molecule has 3 aromatic heterocycles. The number of pyridine rings is 1. The summed E-state index contributed by atoms with van der Waals surface area (Å²) in [5.41, 5.74) is 3.01. The van der Waals surface area contributed by atoms with Crippen LogP contribution >= 0.6 is 0 Å². The normalized spacial score (nSPS) is 11.0. The van der Waals surface area contributed by atoms with Gasteiger partial charge < -0.3 is 9.72 Å². The first-order valence-electron chi connectivity index (χ1n) is 10.6. The molecule has 0 fully saturated rings. The number of nitrogens with zero attached hydrogens (tertiary/aromatic N) is 3. The zero-order valence-corrected chi connectivity index (χ0v) is 17.6. The van der Waals surface area contributed by atoms with Crippen LogP contribution in [0.3, 0.4) is 0 Å². The molecule has 0 bridgehead atoms. The molecule has 5 aromatic rings. The molecule has 0 aliphatic carbocycles. The minimum Gasteiger partial charge on any atom is -0.325 e. The Labute approximate surface area is 188 Å². The van der Waals surface area contributed by atoms with Gasteiger partial charge in [0.2, 0.25) is 5.91 Å². The highest BCUT2D eigenvalue weighted by Crippen LogP contribution is 2.20. The maximum Gasteiger partial charge on any atom is 0.276 e. The van der Waals surface area contributed by atoms with E-state index in [-0.39, 0.29) is 30.2 Å². The number of rotatable bonds is 6. The van der Waals surface area contributed by atoms with Gasteiger partial charge in [0.05, 0.1) is 11.2 Å². The average Bonchev–Trinajstić information content (AvgIpc) is 3.35. The summed E-state index contributed by atoms with van der Waals surface area (Å²) in [5.74, 6) is -0.467. The van der Waals surface area contributed by atoms with Crippen molar-refractivity contribution in [2.75, 3.05) is 5.32 Å². The maximum atomic E-state index is 13.0. The van der Waals surface area contributed by atoms with Crippen molar-refractivity contribution in [3.05, 3.63) is 113 Å². The molecule has 0 saturated heterocycles. The summed E-state index contributed by atoms with van der Waals surface area (Å²) in [6, 6.07) is 23.1. The van der Waals surface area contributed by atoms with Gasteiger partial charge in [-0.1, -0.05) is 42.5 Å². The van der Waals surface area contributed by atoms with Crippen LogP contribution in [0.5, 0.6) is 0 Å². The molecule has 0 saturated carbocycles. The number of hydrogen-bond donors (Lipinski definition) is 1. The first-order valence-corrected chi connectivity index (χ1v) is 10.6. The Bertz CT molecular complexity index is 1550. The second-order valence-corrected chi connectivity index (χ2v) is 7.61. The molecular formula is C26H20N4O3. The second kappa shape index (κ2) is 8.55. The molecule has 3 heterocycles. The minimum absolute atomic E-state index is 0.0519. The van der Waals surface area contributed by atoms with Crippen LogP contribution in [0.25, 0.3) is 16.7 Å². The topological polar surface area (TPSA) is 85.5 Å². The summed E-state index contributed by atoms with van der Waals surface area (Å²) >= 11 is 0. The highest BCUT2D eigenvalue weighted by molar-refractivity contribution is 6.13. The Balaban J connectivity index is 1.39. The van der Waals surface area contributed by atoms with Gasteiger partial charge in [0.1, 0.15) is 5.52 Å². The summed E-state index contributed by atoms with van der Waals surface area (Å²) in [6.45, 7) is 0.161. The van der Waals surface area contributed by atoms with Crippen molar-refractivity contribution in [3.63, 3.8) is 0 Å². The van der Waals surface area contributed by atoms with E-state index in [1.807, 2.05) is 24.4 Å². The molecule has 7 nitrogen and oxygen atoms in total. The number of amides is 1. The quantitative estimate of drug-likeness (QED) is 0.409. The van der Waals surface area contributed by atoms with Crippen molar-refractivity contribution < 1.29 is 9.59 Å². The lowest BCUT2D eigenvalue weighted by atomic mass is 10.0. The van der Waals surface area contributed by atoms with Gasteiger partial charge in [-0.05, 0) is 36.4 Å². The minimum atomic E-state index is -0.297. The summed E-state index contributed by atoms with van der Waals surface area (Å²) in [5, 5.41) is 2.83. The van der Waals surface area contributed by atoms with E-state index in [9.17, 15) is 14.4 Å². The molecule has 0 unspecified atom stereocenters. The first-order chi connectivity index (χ1) is 16.1. The van der Waals surface area contributed by atoms with Crippen molar-refractivity contribution in [1.29, 1.82) is 0 Å². The number of hydrogen-bond acceptors (Lipinski definition) is 4. The number of carbonyl (C=O) groups excluding carboxylic acids is 2. The Morgan fingerprint density at radius 1 is 0.848 bits per heavy atom. The van der Waals surface area contributed by atoms with Crippen LogP contribution in [-0.2, 0) is 11.3 Å². The van der Waals surface area contributed by atoms with Crippen molar-refractivity contribution in [2.24, 2.45) is 0 Å². The Morgan fingerprint density at radius 3 is 2.45 bits per heavy atom. The summed E-state index contributed by atoms with van der Waals surface area (Å²) in [6.07, 6.45) is 3.49. The molecule has 5 rings (SSSR count). The smallest absolute Gasteiger partial charge is 0.276 e. The SMILES string of the molecule is O=C(CCn1c(=O)c2cccn2c2cccnc21)Nc1ccccc1C(=O)c1ccccc1. The number of fused-ring (bicyclic) bond motifs is 3. The van der Waals surface area contributed by atoms with E-state index in [1.165, 1.54) is 4.57 Å². The fourth-order valence-electron chi connectivity index (χ4n) is 3.95. The van der Waals surface area contributed by atoms with E-state index in [0.29, 0.717) is 28.0 Å². The third kappa shape index (κ3) is 3.80. The molecule has 162 valence electrons. The number of ketones is 1. The summed E-state index contributed by atoms with van der Waals surface area (Å²) in [4.78, 5) is 43.1. The van der Waals surface area contributed by atoms with Crippen LogP contribution in [0.15, 0.2) is 96.1 Å². The number of carbonyl (C=O) groups is 2. The molecule has 1 N–H and O–H groups in total. The van der Waals surface area contributed by atoms with E-state index in [2.05, 4.69) is 10.3 Å². The van der Waals surface area contributed by atoms with Crippen LogP contribution in [-0.4, -0.2) is 25.6 Å². The van der Waals surface area contributed by atoms with E-state index in [0.717, 1.165) is 5.52 Å². The molecule has 0 spiro atoms. The number of aryl methyl sites for hydroxylation is 1. The van der Waals surface area contributed by atoms with Crippen LogP contribution in [0.4, 0.5) is 5.69 Å². The van der Waals surface area contributed by atoms with Gasteiger partial charge >= 0.3 is 0 Å². The molecule has 0 aliphatic heterocycles. The number of para-hydroxylation sites is 1. The van der Waals surface area contributed by atoms with Gasteiger partial charge in [0, 0.05) is 36.5 Å². The molecule has 2 aromatic carbocycles. The lowest BCUT2D eigenvalue weighted by Gasteiger charge is -2.13. The zero-order chi connectivity index (χ0) is 22.8. The van der Waals surface area contributed by atoms with Gasteiger partial charge in [0.15, 0.2) is 11.4 Å². The van der Waals surface area contributed by atoms with E-state index >= 15 is 0 Å². The monoisotopic (exact) mass is 436 g/mol.